The molecule has 126 valence electrons. The SMILES string of the molecule is O=C(CCCCCO[P+](=O)O)N/N=C/COCc1ccccc1. The summed E-state index contributed by atoms with van der Waals surface area (Å²) in [5, 5.41) is 3.79. The summed E-state index contributed by atoms with van der Waals surface area (Å²) in [6.07, 6.45) is 3.93. The van der Waals surface area contributed by atoms with Crippen LogP contribution in [0.1, 0.15) is 31.2 Å². The molecular formula is C15H22N2O5P+. The summed E-state index contributed by atoms with van der Waals surface area (Å²) in [5.74, 6) is -0.168. The highest BCUT2D eigenvalue weighted by molar-refractivity contribution is 7.32. The number of nitrogens with one attached hydrogen (secondary N) is 1. The van der Waals surface area contributed by atoms with Gasteiger partial charge in [0.25, 0.3) is 0 Å². The number of benzene rings is 1. The summed E-state index contributed by atoms with van der Waals surface area (Å²) >= 11 is 0. The second kappa shape index (κ2) is 12.8. The number of hydrogen-bond donors (Lipinski definition) is 2. The lowest BCUT2D eigenvalue weighted by Crippen LogP contribution is -2.17. The number of rotatable bonds is 12. The van der Waals surface area contributed by atoms with Crippen LogP contribution in [0.5, 0.6) is 0 Å². The van der Waals surface area contributed by atoms with Gasteiger partial charge in [-0.2, -0.15) is 5.10 Å². The van der Waals surface area contributed by atoms with Crippen molar-refractivity contribution in [3.63, 3.8) is 0 Å². The van der Waals surface area contributed by atoms with Crippen LogP contribution in [0.2, 0.25) is 0 Å². The van der Waals surface area contributed by atoms with Crippen LogP contribution < -0.4 is 5.43 Å². The monoisotopic (exact) mass is 341 g/mol. The number of ether oxygens (including phenoxy) is 1. The maximum atomic E-state index is 11.5. The van der Waals surface area contributed by atoms with E-state index in [-0.39, 0.29) is 12.5 Å². The third kappa shape index (κ3) is 11.5. The predicted octanol–water partition coefficient (Wildman–Crippen LogP) is 2.53. The number of carbonyl (C=O) groups is 1. The number of hydrazone groups is 1. The van der Waals surface area contributed by atoms with Crippen LogP contribution in [0, 0.1) is 0 Å². The summed E-state index contributed by atoms with van der Waals surface area (Å²) in [7, 11) is -2.52. The number of unbranched alkanes of at least 4 members (excludes halogenated alkanes) is 2. The first kappa shape index (κ1) is 19.4. The van der Waals surface area contributed by atoms with Crippen LogP contribution in [0.25, 0.3) is 0 Å². The highest BCUT2D eigenvalue weighted by atomic mass is 31.1. The van der Waals surface area contributed by atoms with Gasteiger partial charge in [-0.05, 0) is 18.4 Å². The standard InChI is InChI=1S/C15H21N2O5P/c18-15(9-5-2-6-11-22-23(19)20)17-16-10-12-21-13-14-7-3-1-4-8-14/h1,3-4,7-8,10H,2,5-6,9,11-13H2,(H-,17,18,19,20)/p+1/b16-10+. The highest BCUT2D eigenvalue weighted by Crippen LogP contribution is 2.15. The Morgan fingerprint density at radius 1 is 1.26 bits per heavy atom. The van der Waals surface area contributed by atoms with E-state index in [1.165, 1.54) is 6.21 Å². The van der Waals surface area contributed by atoms with Gasteiger partial charge in [-0.25, -0.2) is 5.43 Å². The Bertz CT molecular complexity index is 496. The van der Waals surface area contributed by atoms with Gasteiger partial charge in [-0.3, -0.25) is 4.79 Å². The van der Waals surface area contributed by atoms with Crippen molar-refractivity contribution in [2.24, 2.45) is 5.10 Å². The molecule has 1 amide bonds. The zero-order valence-corrected chi connectivity index (χ0v) is 13.8. The molecule has 0 fully saturated rings. The smallest absolute Gasteiger partial charge is 0.371 e. The maximum Gasteiger partial charge on any atom is 0.694 e. The Morgan fingerprint density at radius 2 is 2.04 bits per heavy atom. The van der Waals surface area contributed by atoms with Crippen molar-refractivity contribution in [3.05, 3.63) is 35.9 Å². The largest absolute Gasteiger partial charge is 0.694 e. The van der Waals surface area contributed by atoms with E-state index in [1.54, 1.807) is 0 Å². The molecule has 2 N–H and O–H groups in total. The van der Waals surface area contributed by atoms with Gasteiger partial charge in [-0.1, -0.05) is 36.8 Å². The molecule has 0 aromatic heterocycles. The van der Waals surface area contributed by atoms with Crippen molar-refractivity contribution in [2.75, 3.05) is 13.2 Å². The van der Waals surface area contributed by atoms with Gasteiger partial charge in [0, 0.05) is 11.0 Å². The molecule has 23 heavy (non-hydrogen) atoms. The van der Waals surface area contributed by atoms with Crippen LogP contribution in [0.15, 0.2) is 35.4 Å². The first-order valence-corrected chi connectivity index (χ1v) is 8.52. The molecule has 0 aliphatic heterocycles. The molecule has 7 nitrogen and oxygen atoms in total. The lowest BCUT2D eigenvalue weighted by molar-refractivity contribution is -0.121. The number of carbonyl (C=O) groups excluding carboxylic acids is 1. The van der Waals surface area contributed by atoms with Gasteiger partial charge in [0.15, 0.2) is 0 Å². The molecular weight excluding hydrogens is 319 g/mol. The number of nitrogens with zero attached hydrogens (tertiary/aromatic N) is 1. The molecule has 1 aromatic rings. The topological polar surface area (TPSA) is 97.2 Å². The number of amides is 1. The van der Waals surface area contributed by atoms with Gasteiger partial charge in [0.1, 0.15) is 6.61 Å². The van der Waals surface area contributed by atoms with Crippen molar-refractivity contribution in [3.8, 4) is 0 Å². The molecule has 1 aromatic carbocycles. The van der Waals surface area contributed by atoms with Crippen LogP contribution >= 0.6 is 8.25 Å². The lowest BCUT2D eigenvalue weighted by Gasteiger charge is -2.01. The molecule has 1 rings (SSSR count). The van der Waals surface area contributed by atoms with E-state index >= 15 is 0 Å². The minimum absolute atomic E-state index is 0.168. The van der Waals surface area contributed by atoms with Gasteiger partial charge in [-0.15, -0.1) is 9.42 Å². The Morgan fingerprint density at radius 3 is 2.78 bits per heavy atom. The maximum absolute atomic E-state index is 11.5. The minimum atomic E-state index is -2.52. The van der Waals surface area contributed by atoms with E-state index in [0.29, 0.717) is 32.5 Å². The molecule has 0 radical (unpaired) electrons. The van der Waals surface area contributed by atoms with Crippen LogP contribution in [0.4, 0.5) is 0 Å². The summed E-state index contributed by atoms with van der Waals surface area (Å²) < 4.78 is 20.1. The third-order valence-electron chi connectivity index (χ3n) is 2.83. The Labute approximate surface area is 136 Å². The molecule has 0 aliphatic carbocycles. The molecule has 0 saturated heterocycles. The molecule has 0 heterocycles. The van der Waals surface area contributed by atoms with Gasteiger partial charge in [0.05, 0.1) is 19.4 Å². The molecule has 8 heteroatoms. The summed E-state index contributed by atoms with van der Waals surface area (Å²) in [6, 6.07) is 9.79. The number of hydrogen-bond acceptors (Lipinski definition) is 5. The van der Waals surface area contributed by atoms with Crippen molar-refractivity contribution in [2.45, 2.75) is 32.3 Å². The van der Waals surface area contributed by atoms with Crippen LogP contribution in [-0.2, 0) is 25.2 Å². The summed E-state index contributed by atoms with van der Waals surface area (Å²) in [5.41, 5.74) is 3.51. The molecule has 0 bridgehead atoms. The zero-order chi connectivity index (χ0) is 16.8. The fourth-order valence-corrected chi connectivity index (χ4v) is 2.01. The van der Waals surface area contributed by atoms with E-state index in [0.717, 1.165) is 12.0 Å². The van der Waals surface area contributed by atoms with Crippen molar-refractivity contribution >= 4 is 20.4 Å². The molecule has 1 atom stereocenters. The second-order valence-corrected chi connectivity index (χ2v) is 5.46. The molecule has 0 spiro atoms. The van der Waals surface area contributed by atoms with E-state index < -0.39 is 8.25 Å². The molecule has 0 aliphatic rings. The van der Waals surface area contributed by atoms with Crippen molar-refractivity contribution in [1.82, 2.24) is 5.43 Å². The fourth-order valence-electron chi connectivity index (χ4n) is 1.72. The average Bonchev–Trinajstić information content (AvgIpc) is 2.54. The Balaban J connectivity index is 1.95. The first-order chi connectivity index (χ1) is 11.2. The van der Waals surface area contributed by atoms with Gasteiger partial charge >= 0.3 is 8.25 Å². The van der Waals surface area contributed by atoms with E-state index in [1.807, 2.05) is 30.3 Å². The van der Waals surface area contributed by atoms with E-state index in [9.17, 15) is 9.36 Å². The fraction of sp³-hybridized carbons (Fsp3) is 0.467. The van der Waals surface area contributed by atoms with E-state index in [4.69, 9.17) is 9.63 Å². The van der Waals surface area contributed by atoms with Crippen LogP contribution in [-0.4, -0.2) is 30.2 Å². The molecule has 0 saturated carbocycles. The van der Waals surface area contributed by atoms with Gasteiger partial charge < -0.3 is 4.74 Å². The van der Waals surface area contributed by atoms with Crippen LogP contribution in [0.3, 0.4) is 0 Å². The molecule has 1 unspecified atom stereocenters. The Hall–Kier alpha value is -1.66. The van der Waals surface area contributed by atoms with Crippen molar-refractivity contribution in [1.29, 1.82) is 0 Å². The average molecular weight is 341 g/mol. The van der Waals surface area contributed by atoms with E-state index in [2.05, 4.69) is 15.1 Å². The minimum Gasteiger partial charge on any atom is -0.371 e. The normalized spacial score (nSPS) is 11.6. The highest BCUT2D eigenvalue weighted by Gasteiger charge is 2.10. The summed E-state index contributed by atoms with van der Waals surface area (Å²) in [4.78, 5) is 19.9. The predicted molar refractivity (Wildman–Crippen MR) is 87.0 cm³/mol. The summed E-state index contributed by atoms with van der Waals surface area (Å²) in [6.45, 7) is 1.05. The third-order valence-corrected chi connectivity index (χ3v) is 3.24. The zero-order valence-electron chi connectivity index (χ0n) is 12.9. The second-order valence-electron chi connectivity index (χ2n) is 4.73. The first-order valence-electron chi connectivity index (χ1n) is 7.39. The Kier molecular flexibility index (Phi) is 10.8. The van der Waals surface area contributed by atoms with Crippen molar-refractivity contribution < 1.29 is 23.5 Å². The quantitative estimate of drug-likeness (QED) is 0.263. The lowest BCUT2D eigenvalue weighted by atomic mass is 10.2. The van der Waals surface area contributed by atoms with Gasteiger partial charge in [0.2, 0.25) is 5.91 Å².